The van der Waals surface area contributed by atoms with Gasteiger partial charge in [-0.05, 0) is 17.7 Å². The van der Waals surface area contributed by atoms with E-state index in [1.165, 1.54) is 0 Å². The SMILES string of the molecule is O=[N+]([O-])c1cc(-c2c(F)c(F)c(F)c(F)c2F)ccc1OC(F)(F)F. The minimum atomic E-state index is -5.31. The van der Waals surface area contributed by atoms with Crippen LogP contribution in [0.2, 0.25) is 0 Å². The molecule has 0 unspecified atom stereocenters. The zero-order chi connectivity index (χ0) is 19.1. The molecule has 0 aliphatic rings. The maximum atomic E-state index is 13.7. The molecule has 0 aliphatic heterocycles. The lowest BCUT2D eigenvalue weighted by Gasteiger charge is -2.11. The molecule has 0 fully saturated rings. The molecular weight excluding hydrogens is 370 g/mol. The summed E-state index contributed by atoms with van der Waals surface area (Å²) >= 11 is 0. The summed E-state index contributed by atoms with van der Waals surface area (Å²) in [6.07, 6.45) is -5.31. The molecule has 25 heavy (non-hydrogen) atoms. The van der Waals surface area contributed by atoms with E-state index in [4.69, 9.17) is 0 Å². The Kier molecular flexibility index (Phi) is 4.55. The fourth-order valence-electron chi connectivity index (χ4n) is 1.88. The van der Waals surface area contributed by atoms with E-state index in [1.807, 2.05) is 0 Å². The first kappa shape index (κ1) is 18.4. The standard InChI is InChI=1S/C13H3F8NO3/c14-8-7(9(15)11(17)12(18)10(8)16)4-1-2-6(25-13(19,20)21)5(3-4)22(23)24/h1-3H. The summed E-state index contributed by atoms with van der Waals surface area (Å²) in [5.74, 6) is -13.0. The molecule has 0 saturated carbocycles. The summed E-state index contributed by atoms with van der Waals surface area (Å²) in [5.41, 5.74) is -3.83. The topological polar surface area (TPSA) is 52.4 Å². The van der Waals surface area contributed by atoms with Gasteiger partial charge in [-0.15, -0.1) is 13.2 Å². The third-order valence-electron chi connectivity index (χ3n) is 2.88. The lowest BCUT2D eigenvalue weighted by molar-refractivity contribution is -0.388. The lowest BCUT2D eigenvalue weighted by Crippen LogP contribution is -2.18. The number of ether oxygens (including phenoxy) is 1. The first-order chi connectivity index (χ1) is 11.4. The Bertz CT molecular complexity index is 836. The molecule has 4 nitrogen and oxygen atoms in total. The van der Waals surface area contributed by atoms with Gasteiger partial charge in [-0.1, -0.05) is 0 Å². The van der Waals surface area contributed by atoms with E-state index in [-0.39, 0.29) is 6.07 Å². The third-order valence-corrected chi connectivity index (χ3v) is 2.88. The van der Waals surface area contributed by atoms with Gasteiger partial charge in [-0.3, -0.25) is 10.1 Å². The molecular formula is C13H3F8NO3. The molecule has 0 radical (unpaired) electrons. The van der Waals surface area contributed by atoms with Crippen LogP contribution >= 0.6 is 0 Å². The maximum Gasteiger partial charge on any atom is 0.573 e. The second-order valence-electron chi connectivity index (χ2n) is 4.43. The van der Waals surface area contributed by atoms with Gasteiger partial charge in [0.1, 0.15) is 0 Å². The molecule has 0 heterocycles. The van der Waals surface area contributed by atoms with Crippen LogP contribution in [0.3, 0.4) is 0 Å². The molecule has 2 aromatic rings. The molecule has 0 N–H and O–H groups in total. The molecule has 2 aromatic carbocycles. The van der Waals surface area contributed by atoms with Gasteiger partial charge in [-0.25, -0.2) is 22.0 Å². The van der Waals surface area contributed by atoms with Crippen LogP contribution in [0, 0.1) is 39.2 Å². The summed E-state index contributed by atoms with van der Waals surface area (Å²) in [7, 11) is 0. The van der Waals surface area contributed by atoms with Crippen molar-refractivity contribution < 1.29 is 44.8 Å². The Labute approximate surface area is 132 Å². The summed E-state index contributed by atoms with van der Waals surface area (Å²) in [5, 5.41) is 10.8. The van der Waals surface area contributed by atoms with Crippen LogP contribution in [-0.2, 0) is 0 Å². The van der Waals surface area contributed by atoms with Crippen LogP contribution < -0.4 is 4.74 Å². The number of nitrogens with zero attached hydrogens (tertiary/aromatic N) is 1. The number of nitro benzene ring substituents is 1. The van der Waals surface area contributed by atoms with Crippen molar-refractivity contribution in [2.24, 2.45) is 0 Å². The molecule has 12 heteroatoms. The first-order valence-electron chi connectivity index (χ1n) is 6.00. The Morgan fingerprint density at radius 2 is 1.36 bits per heavy atom. The number of hydrogen-bond donors (Lipinski definition) is 0. The van der Waals surface area contributed by atoms with E-state index in [0.29, 0.717) is 12.1 Å². The van der Waals surface area contributed by atoms with Crippen molar-refractivity contribution in [2.45, 2.75) is 6.36 Å². The largest absolute Gasteiger partial charge is 0.573 e. The van der Waals surface area contributed by atoms with Gasteiger partial charge in [0, 0.05) is 6.07 Å². The van der Waals surface area contributed by atoms with Crippen LogP contribution in [0.25, 0.3) is 11.1 Å². The van der Waals surface area contributed by atoms with E-state index in [2.05, 4.69) is 4.74 Å². The highest BCUT2D eigenvalue weighted by Crippen LogP contribution is 2.38. The van der Waals surface area contributed by atoms with Crippen LogP contribution in [0.1, 0.15) is 0 Å². The Morgan fingerprint density at radius 3 is 1.80 bits per heavy atom. The summed E-state index contributed by atoms with van der Waals surface area (Å²) < 4.78 is 107. The Balaban J connectivity index is 2.71. The fraction of sp³-hybridized carbons (Fsp3) is 0.0769. The normalized spacial score (nSPS) is 11.5. The van der Waals surface area contributed by atoms with Crippen LogP contribution in [0.4, 0.5) is 40.8 Å². The molecule has 134 valence electrons. The number of benzene rings is 2. The highest BCUT2D eigenvalue weighted by molar-refractivity contribution is 5.70. The summed E-state index contributed by atoms with van der Waals surface area (Å²) in [4.78, 5) is 9.43. The zero-order valence-electron chi connectivity index (χ0n) is 11.4. The van der Waals surface area contributed by atoms with Crippen molar-refractivity contribution in [2.75, 3.05) is 0 Å². The lowest BCUT2D eigenvalue weighted by atomic mass is 10.0. The van der Waals surface area contributed by atoms with Crippen molar-refractivity contribution in [1.82, 2.24) is 0 Å². The average molecular weight is 373 g/mol. The van der Waals surface area contributed by atoms with Crippen LogP contribution in [-0.4, -0.2) is 11.3 Å². The quantitative estimate of drug-likeness (QED) is 0.254. The van der Waals surface area contributed by atoms with Crippen LogP contribution in [0.5, 0.6) is 5.75 Å². The second kappa shape index (κ2) is 6.18. The molecule has 2 rings (SSSR count). The first-order valence-corrected chi connectivity index (χ1v) is 6.00. The van der Waals surface area contributed by atoms with Gasteiger partial charge in [0.05, 0.1) is 10.5 Å². The monoisotopic (exact) mass is 373 g/mol. The smallest absolute Gasteiger partial charge is 0.398 e. The van der Waals surface area contributed by atoms with E-state index >= 15 is 0 Å². The minimum absolute atomic E-state index is 0.194. The van der Waals surface area contributed by atoms with Gasteiger partial charge in [-0.2, -0.15) is 0 Å². The second-order valence-corrected chi connectivity index (χ2v) is 4.43. The number of halogens is 8. The van der Waals surface area contributed by atoms with Crippen LogP contribution in [0.15, 0.2) is 18.2 Å². The van der Waals surface area contributed by atoms with Crippen molar-refractivity contribution >= 4 is 5.69 Å². The highest BCUT2D eigenvalue weighted by Gasteiger charge is 2.35. The van der Waals surface area contributed by atoms with Crippen molar-refractivity contribution in [3.05, 3.63) is 57.4 Å². The number of alkyl halides is 3. The van der Waals surface area contributed by atoms with E-state index in [0.717, 1.165) is 0 Å². The van der Waals surface area contributed by atoms with Gasteiger partial charge >= 0.3 is 12.0 Å². The van der Waals surface area contributed by atoms with Crippen molar-refractivity contribution in [3.8, 4) is 16.9 Å². The van der Waals surface area contributed by atoms with Crippen molar-refractivity contribution in [3.63, 3.8) is 0 Å². The van der Waals surface area contributed by atoms with Crippen molar-refractivity contribution in [1.29, 1.82) is 0 Å². The predicted octanol–water partition coefficient (Wildman–Crippen LogP) is 4.86. The number of hydrogen-bond acceptors (Lipinski definition) is 3. The third kappa shape index (κ3) is 3.46. The highest BCUT2D eigenvalue weighted by atomic mass is 19.4. The molecule has 0 bridgehead atoms. The predicted molar refractivity (Wildman–Crippen MR) is 65.0 cm³/mol. The minimum Gasteiger partial charge on any atom is -0.398 e. The summed E-state index contributed by atoms with van der Waals surface area (Å²) in [6, 6.07) is 0.991. The van der Waals surface area contributed by atoms with Gasteiger partial charge < -0.3 is 4.74 Å². The fourth-order valence-corrected chi connectivity index (χ4v) is 1.88. The zero-order valence-corrected chi connectivity index (χ0v) is 11.4. The molecule has 0 atom stereocenters. The van der Waals surface area contributed by atoms with E-state index < -0.39 is 62.9 Å². The average Bonchev–Trinajstić information content (AvgIpc) is 2.50. The molecule has 0 aromatic heterocycles. The summed E-state index contributed by atoms with van der Waals surface area (Å²) in [6.45, 7) is 0. The van der Waals surface area contributed by atoms with E-state index in [1.54, 1.807) is 0 Å². The maximum absolute atomic E-state index is 13.7. The molecule has 0 amide bonds. The number of rotatable bonds is 3. The Morgan fingerprint density at radius 1 is 0.880 bits per heavy atom. The van der Waals surface area contributed by atoms with Gasteiger partial charge in [0.25, 0.3) is 0 Å². The number of nitro groups is 1. The Hall–Kier alpha value is -2.92. The van der Waals surface area contributed by atoms with E-state index in [9.17, 15) is 45.2 Å². The van der Waals surface area contributed by atoms with Gasteiger partial charge in [0.15, 0.2) is 23.3 Å². The molecule has 0 spiro atoms. The van der Waals surface area contributed by atoms with Gasteiger partial charge in [0.2, 0.25) is 11.6 Å². The molecule has 0 aliphatic carbocycles. The molecule has 0 saturated heterocycles.